The molecule has 0 heterocycles. The van der Waals surface area contributed by atoms with Gasteiger partial charge in [-0.2, -0.15) is 0 Å². The molecular formula is C12H17BrO2. The molecule has 0 amide bonds. The van der Waals surface area contributed by atoms with E-state index in [1.54, 1.807) is 0 Å². The minimum absolute atomic E-state index is 0.606. The highest BCUT2D eigenvalue weighted by molar-refractivity contribution is 9.10. The molecule has 0 aliphatic heterocycles. The van der Waals surface area contributed by atoms with Crippen LogP contribution in [0.1, 0.15) is 18.1 Å². The maximum absolute atomic E-state index is 5.58. The summed E-state index contributed by atoms with van der Waals surface area (Å²) in [7, 11) is 0. The monoisotopic (exact) mass is 272 g/mol. The summed E-state index contributed by atoms with van der Waals surface area (Å²) in [5, 5.41) is 0. The van der Waals surface area contributed by atoms with Crippen molar-refractivity contribution in [2.24, 2.45) is 0 Å². The van der Waals surface area contributed by atoms with Crippen molar-refractivity contribution >= 4 is 15.9 Å². The van der Waals surface area contributed by atoms with E-state index in [4.69, 9.17) is 9.47 Å². The molecule has 3 heteroatoms. The van der Waals surface area contributed by atoms with Gasteiger partial charge >= 0.3 is 0 Å². The molecule has 0 aliphatic rings. The van der Waals surface area contributed by atoms with Crippen LogP contribution >= 0.6 is 15.9 Å². The summed E-state index contributed by atoms with van der Waals surface area (Å²) in [6.45, 7) is 8.09. The first-order valence-corrected chi connectivity index (χ1v) is 5.91. The normalized spacial score (nSPS) is 10.4. The number of hydrogen-bond acceptors (Lipinski definition) is 2. The highest BCUT2D eigenvalue weighted by Crippen LogP contribution is 2.26. The zero-order valence-corrected chi connectivity index (χ0v) is 11.1. The van der Waals surface area contributed by atoms with E-state index < -0.39 is 0 Å². The Balaban J connectivity index is 2.55. The van der Waals surface area contributed by atoms with Crippen molar-refractivity contribution in [2.45, 2.75) is 20.8 Å². The summed E-state index contributed by atoms with van der Waals surface area (Å²) in [4.78, 5) is 0. The molecule has 84 valence electrons. The number of rotatable bonds is 5. The molecule has 0 unspecified atom stereocenters. The van der Waals surface area contributed by atoms with Crippen LogP contribution in [0.5, 0.6) is 5.75 Å². The van der Waals surface area contributed by atoms with E-state index in [1.807, 2.05) is 19.1 Å². The first-order chi connectivity index (χ1) is 7.15. The highest BCUT2D eigenvalue weighted by atomic mass is 79.9. The molecule has 0 spiro atoms. The zero-order valence-electron chi connectivity index (χ0n) is 9.47. The number of ether oxygens (including phenoxy) is 2. The average molecular weight is 273 g/mol. The fraction of sp³-hybridized carbons (Fsp3) is 0.500. The van der Waals surface area contributed by atoms with Gasteiger partial charge in [-0.05, 0) is 44.0 Å². The summed E-state index contributed by atoms with van der Waals surface area (Å²) < 4.78 is 11.9. The van der Waals surface area contributed by atoms with E-state index in [9.17, 15) is 0 Å². The fourth-order valence-electron chi connectivity index (χ4n) is 1.35. The van der Waals surface area contributed by atoms with E-state index in [1.165, 1.54) is 11.1 Å². The molecule has 2 nitrogen and oxygen atoms in total. The molecule has 1 rings (SSSR count). The lowest BCUT2D eigenvalue weighted by atomic mass is 10.1. The largest absolute Gasteiger partial charge is 0.491 e. The van der Waals surface area contributed by atoms with Gasteiger partial charge in [0.05, 0.1) is 6.61 Å². The highest BCUT2D eigenvalue weighted by Gasteiger charge is 2.02. The van der Waals surface area contributed by atoms with Gasteiger partial charge in [0, 0.05) is 11.1 Å². The third kappa shape index (κ3) is 3.84. The Morgan fingerprint density at radius 3 is 2.27 bits per heavy atom. The van der Waals surface area contributed by atoms with Crippen LogP contribution in [0.3, 0.4) is 0 Å². The third-order valence-electron chi connectivity index (χ3n) is 2.11. The number of benzene rings is 1. The Morgan fingerprint density at radius 2 is 1.73 bits per heavy atom. The summed E-state index contributed by atoms with van der Waals surface area (Å²) in [5.41, 5.74) is 2.39. The number of hydrogen-bond donors (Lipinski definition) is 0. The van der Waals surface area contributed by atoms with Gasteiger partial charge in [-0.3, -0.25) is 0 Å². The van der Waals surface area contributed by atoms with Crippen LogP contribution in [0, 0.1) is 13.8 Å². The van der Waals surface area contributed by atoms with Crippen LogP contribution < -0.4 is 4.74 Å². The van der Waals surface area contributed by atoms with E-state index in [-0.39, 0.29) is 0 Å². The van der Waals surface area contributed by atoms with Gasteiger partial charge in [0.25, 0.3) is 0 Å². The van der Waals surface area contributed by atoms with E-state index in [0.29, 0.717) is 13.2 Å². The first-order valence-electron chi connectivity index (χ1n) is 5.12. The van der Waals surface area contributed by atoms with Gasteiger partial charge in [0.15, 0.2) is 0 Å². The summed E-state index contributed by atoms with van der Waals surface area (Å²) in [5.74, 6) is 0.910. The van der Waals surface area contributed by atoms with Gasteiger partial charge < -0.3 is 9.47 Å². The molecule has 1 aromatic rings. The fourth-order valence-corrected chi connectivity index (χ4v) is 1.58. The van der Waals surface area contributed by atoms with Crippen LogP contribution in [0.15, 0.2) is 16.6 Å². The van der Waals surface area contributed by atoms with Crippen molar-refractivity contribution in [1.29, 1.82) is 0 Å². The molecule has 0 bridgehead atoms. The zero-order chi connectivity index (χ0) is 11.3. The molecule has 0 N–H and O–H groups in total. The third-order valence-corrected chi connectivity index (χ3v) is 3.36. The van der Waals surface area contributed by atoms with Crippen LogP contribution in [0.2, 0.25) is 0 Å². The molecule has 1 aromatic carbocycles. The van der Waals surface area contributed by atoms with E-state index in [0.717, 1.165) is 16.8 Å². The van der Waals surface area contributed by atoms with Crippen molar-refractivity contribution in [2.75, 3.05) is 19.8 Å². The lowest BCUT2D eigenvalue weighted by Crippen LogP contribution is -2.06. The second-order valence-corrected chi connectivity index (χ2v) is 4.21. The molecular weight excluding hydrogens is 256 g/mol. The Bertz CT molecular complexity index is 300. The molecule has 0 aliphatic carbocycles. The topological polar surface area (TPSA) is 18.5 Å². The van der Waals surface area contributed by atoms with Crippen molar-refractivity contribution in [3.8, 4) is 5.75 Å². The molecule has 0 saturated carbocycles. The SMILES string of the molecule is CCOCCOc1cc(C)c(Br)c(C)c1. The van der Waals surface area contributed by atoms with Crippen molar-refractivity contribution < 1.29 is 9.47 Å². The first kappa shape index (κ1) is 12.5. The predicted molar refractivity (Wildman–Crippen MR) is 65.6 cm³/mol. The lowest BCUT2D eigenvalue weighted by Gasteiger charge is -2.09. The smallest absolute Gasteiger partial charge is 0.120 e. The van der Waals surface area contributed by atoms with Gasteiger partial charge in [-0.15, -0.1) is 0 Å². The van der Waals surface area contributed by atoms with E-state index in [2.05, 4.69) is 29.8 Å². The summed E-state index contributed by atoms with van der Waals surface area (Å²) in [6.07, 6.45) is 0. The summed E-state index contributed by atoms with van der Waals surface area (Å²) >= 11 is 3.53. The standard InChI is InChI=1S/C12H17BrO2/c1-4-14-5-6-15-11-7-9(2)12(13)10(3)8-11/h7-8H,4-6H2,1-3H3. The Labute approximate surface area is 99.7 Å². The van der Waals surface area contributed by atoms with Gasteiger partial charge in [-0.25, -0.2) is 0 Å². The summed E-state index contributed by atoms with van der Waals surface area (Å²) in [6, 6.07) is 4.06. The van der Waals surface area contributed by atoms with Crippen molar-refractivity contribution in [3.63, 3.8) is 0 Å². The van der Waals surface area contributed by atoms with Crippen molar-refractivity contribution in [3.05, 3.63) is 27.7 Å². The maximum Gasteiger partial charge on any atom is 0.120 e. The Hall–Kier alpha value is -0.540. The minimum Gasteiger partial charge on any atom is -0.491 e. The molecule has 0 atom stereocenters. The Kier molecular flexibility index (Phi) is 5.12. The van der Waals surface area contributed by atoms with E-state index >= 15 is 0 Å². The molecule has 0 saturated heterocycles. The average Bonchev–Trinajstić information content (AvgIpc) is 2.21. The van der Waals surface area contributed by atoms with Crippen molar-refractivity contribution in [1.82, 2.24) is 0 Å². The van der Waals surface area contributed by atoms with Crippen LogP contribution in [0.4, 0.5) is 0 Å². The predicted octanol–water partition coefficient (Wildman–Crippen LogP) is 3.48. The van der Waals surface area contributed by atoms with Gasteiger partial charge in [-0.1, -0.05) is 15.9 Å². The maximum atomic E-state index is 5.58. The van der Waals surface area contributed by atoms with Gasteiger partial charge in [0.1, 0.15) is 12.4 Å². The van der Waals surface area contributed by atoms with Gasteiger partial charge in [0.2, 0.25) is 0 Å². The Morgan fingerprint density at radius 1 is 1.13 bits per heavy atom. The second-order valence-electron chi connectivity index (χ2n) is 3.42. The molecule has 0 aromatic heterocycles. The quantitative estimate of drug-likeness (QED) is 0.765. The molecule has 0 radical (unpaired) electrons. The minimum atomic E-state index is 0.606. The molecule has 0 fully saturated rings. The van der Waals surface area contributed by atoms with Crippen LogP contribution in [0.25, 0.3) is 0 Å². The molecule has 15 heavy (non-hydrogen) atoms. The van der Waals surface area contributed by atoms with Crippen LogP contribution in [-0.2, 0) is 4.74 Å². The number of aryl methyl sites for hydroxylation is 2. The number of halogens is 1. The second kappa shape index (κ2) is 6.13. The lowest BCUT2D eigenvalue weighted by molar-refractivity contribution is 0.110. The van der Waals surface area contributed by atoms with Crippen LogP contribution in [-0.4, -0.2) is 19.8 Å².